The second-order valence-corrected chi connectivity index (χ2v) is 6.55. The maximum Gasteiger partial charge on any atom is 0.0897 e. The van der Waals surface area contributed by atoms with E-state index in [9.17, 15) is 5.11 Å². The summed E-state index contributed by atoms with van der Waals surface area (Å²) in [7, 11) is 0. The van der Waals surface area contributed by atoms with E-state index in [1.54, 1.807) is 0 Å². The summed E-state index contributed by atoms with van der Waals surface area (Å²) in [5.74, 6) is 0. The summed E-state index contributed by atoms with van der Waals surface area (Å²) >= 11 is 0. The maximum atomic E-state index is 10.1. The third-order valence-corrected chi connectivity index (χ3v) is 4.46. The number of hydrogen-bond donors (Lipinski definition) is 2. The topological polar surface area (TPSA) is 59.3 Å². The molecule has 1 aromatic heterocycles. The monoisotopic (exact) mass is 329 g/mol. The molecule has 0 amide bonds. The fourth-order valence-electron chi connectivity index (χ4n) is 3.22. The van der Waals surface area contributed by atoms with E-state index in [1.165, 1.54) is 11.1 Å². The van der Waals surface area contributed by atoms with Gasteiger partial charge in [0, 0.05) is 19.3 Å². The number of benzene rings is 1. The molecule has 0 spiro atoms. The van der Waals surface area contributed by atoms with E-state index in [-0.39, 0.29) is 6.10 Å². The van der Waals surface area contributed by atoms with E-state index < -0.39 is 6.10 Å². The van der Waals surface area contributed by atoms with Crippen molar-refractivity contribution >= 4 is 0 Å². The predicted octanol–water partition coefficient (Wildman–Crippen LogP) is 2.24. The normalized spacial score (nSPS) is 18.3. The molecule has 24 heavy (non-hydrogen) atoms. The number of nitrogens with zero attached hydrogens (tertiary/aromatic N) is 2. The highest BCUT2D eigenvalue weighted by Gasteiger charge is 2.21. The number of nitrogens with one attached hydrogen (secondary N) is 1. The van der Waals surface area contributed by atoms with Gasteiger partial charge in [-0.25, -0.2) is 0 Å². The van der Waals surface area contributed by atoms with E-state index in [0.29, 0.717) is 13.2 Å². The number of aliphatic hydroxyl groups excluding tert-OH is 1. The van der Waals surface area contributed by atoms with Crippen molar-refractivity contribution in [3.8, 4) is 0 Å². The molecule has 1 heterocycles. The Morgan fingerprint density at radius 2 is 2.29 bits per heavy atom. The lowest BCUT2D eigenvalue weighted by Gasteiger charge is -2.26. The molecule has 130 valence electrons. The van der Waals surface area contributed by atoms with E-state index in [2.05, 4.69) is 34.7 Å². The maximum absolute atomic E-state index is 10.1. The van der Waals surface area contributed by atoms with Crippen molar-refractivity contribution in [1.29, 1.82) is 0 Å². The Morgan fingerprint density at radius 1 is 1.42 bits per heavy atom. The second kappa shape index (κ2) is 8.42. The van der Waals surface area contributed by atoms with Gasteiger partial charge in [0.25, 0.3) is 0 Å². The van der Waals surface area contributed by atoms with Crippen LogP contribution in [-0.2, 0) is 17.7 Å². The van der Waals surface area contributed by atoms with Crippen molar-refractivity contribution in [1.82, 2.24) is 15.1 Å². The quantitative estimate of drug-likeness (QED) is 0.729. The average molecular weight is 329 g/mol. The first-order chi connectivity index (χ1) is 11.7. The van der Waals surface area contributed by atoms with Crippen LogP contribution in [0.2, 0.25) is 0 Å². The molecular weight excluding hydrogens is 302 g/mol. The van der Waals surface area contributed by atoms with Gasteiger partial charge in [-0.05, 0) is 42.9 Å². The average Bonchev–Trinajstić information content (AvgIpc) is 3.02. The van der Waals surface area contributed by atoms with Crippen LogP contribution in [0.5, 0.6) is 0 Å². The van der Waals surface area contributed by atoms with Crippen molar-refractivity contribution in [3.63, 3.8) is 0 Å². The number of ether oxygens (including phenoxy) is 1. The Labute approximate surface area is 143 Å². The van der Waals surface area contributed by atoms with Crippen LogP contribution in [0.15, 0.2) is 36.7 Å². The Kier molecular flexibility index (Phi) is 6.01. The Bertz CT molecular complexity index is 641. The van der Waals surface area contributed by atoms with E-state index in [1.807, 2.05) is 24.0 Å². The van der Waals surface area contributed by atoms with Gasteiger partial charge < -0.3 is 15.2 Å². The molecule has 0 fully saturated rings. The van der Waals surface area contributed by atoms with Gasteiger partial charge in [-0.2, -0.15) is 5.10 Å². The number of rotatable bonds is 8. The molecule has 5 heteroatoms. The zero-order chi connectivity index (χ0) is 16.8. The van der Waals surface area contributed by atoms with E-state index in [4.69, 9.17) is 4.74 Å². The smallest absolute Gasteiger partial charge is 0.0897 e. The molecule has 2 atom stereocenters. The molecule has 0 unspecified atom stereocenters. The molecule has 0 saturated carbocycles. The molecular formula is C19H27N3O2. The minimum Gasteiger partial charge on any atom is -0.389 e. The molecule has 0 bridgehead atoms. The fourth-order valence-corrected chi connectivity index (χ4v) is 3.22. The Morgan fingerprint density at radius 3 is 3.12 bits per heavy atom. The highest BCUT2D eigenvalue weighted by molar-refractivity contribution is 5.31. The SMILES string of the molecule is Cc1cnn(CCNC[C@H](O)CO[C@H]2CCCc3ccccc32)c1. The minimum atomic E-state index is -0.488. The zero-order valence-corrected chi connectivity index (χ0v) is 14.3. The molecule has 5 nitrogen and oxygen atoms in total. The molecule has 0 radical (unpaired) electrons. The summed E-state index contributed by atoms with van der Waals surface area (Å²) in [5, 5.41) is 17.6. The Balaban J connectivity index is 1.36. The minimum absolute atomic E-state index is 0.122. The number of aromatic nitrogens is 2. The van der Waals surface area contributed by atoms with Gasteiger partial charge in [-0.1, -0.05) is 24.3 Å². The zero-order valence-electron chi connectivity index (χ0n) is 14.3. The van der Waals surface area contributed by atoms with Crippen molar-refractivity contribution in [3.05, 3.63) is 53.3 Å². The van der Waals surface area contributed by atoms with Crippen LogP contribution in [0.4, 0.5) is 0 Å². The van der Waals surface area contributed by atoms with Crippen LogP contribution in [0.3, 0.4) is 0 Å². The number of hydrogen-bond acceptors (Lipinski definition) is 4. The third-order valence-electron chi connectivity index (χ3n) is 4.46. The van der Waals surface area contributed by atoms with Gasteiger partial charge in [0.15, 0.2) is 0 Å². The summed E-state index contributed by atoms with van der Waals surface area (Å²) in [6.45, 7) is 4.52. The van der Waals surface area contributed by atoms with Crippen molar-refractivity contribution in [2.45, 2.75) is 44.9 Å². The molecule has 3 rings (SSSR count). The summed E-state index contributed by atoms with van der Waals surface area (Å²) in [4.78, 5) is 0. The molecule has 0 saturated heterocycles. The molecule has 2 aromatic rings. The summed E-state index contributed by atoms with van der Waals surface area (Å²) in [5.41, 5.74) is 3.84. The third kappa shape index (κ3) is 4.66. The molecule has 1 aliphatic carbocycles. The van der Waals surface area contributed by atoms with E-state index >= 15 is 0 Å². The van der Waals surface area contributed by atoms with Crippen LogP contribution in [-0.4, -0.2) is 40.7 Å². The van der Waals surface area contributed by atoms with Gasteiger partial charge >= 0.3 is 0 Å². The van der Waals surface area contributed by atoms with Crippen LogP contribution >= 0.6 is 0 Å². The highest BCUT2D eigenvalue weighted by Crippen LogP contribution is 2.32. The van der Waals surface area contributed by atoms with E-state index in [0.717, 1.165) is 37.9 Å². The van der Waals surface area contributed by atoms with Crippen LogP contribution in [0.1, 0.15) is 35.6 Å². The largest absolute Gasteiger partial charge is 0.389 e. The number of aryl methyl sites for hydroxylation is 2. The standard InChI is InChI=1S/C19H27N3O2/c1-15-11-21-22(13-15)10-9-20-12-17(23)14-24-19-8-4-6-16-5-2-3-7-18(16)19/h2-3,5,7,11,13,17,19-20,23H,4,6,8-10,12,14H2,1H3/t17-,19-/m0/s1. The van der Waals surface area contributed by atoms with Gasteiger partial charge in [0.2, 0.25) is 0 Å². The first-order valence-corrected chi connectivity index (χ1v) is 8.79. The van der Waals surface area contributed by atoms with Crippen molar-refractivity contribution in [2.75, 3.05) is 19.7 Å². The lowest BCUT2D eigenvalue weighted by molar-refractivity contribution is -0.0167. The van der Waals surface area contributed by atoms with Gasteiger partial charge in [-0.3, -0.25) is 4.68 Å². The number of aliphatic hydroxyl groups is 1. The van der Waals surface area contributed by atoms with Gasteiger partial charge in [0.1, 0.15) is 0 Å². The van der Waals surface area contributed by atoms with Gasteiger partial charge in [-0.15, -0.1) is 0 Å². The first kappa shape index (κ1) is 17.1. The summed E-state index contributed by atoms with van der Waals surface area (Å²) in [6, 6.07) is 8.48. The molecule has 0 aliphatic heterocycles. The lowest BCUT2D eigenvalue weighted by atomic mass is 9.89. The first-order valence-electron chi connectivity index (χ1n) is 8.79. The van der Waals surface area contributed by atoms with Crippen LogP contribution in [0, 0.1) is 6.92 Å². The van der Waals surface area contributed by atoms with Crippen LogP contribution < -0.4 is 5.32 Å². The van der Waals surface area contributed by atoms with Gasteiger partial charge in [0.05, 0.1) is 31.6 Å². The summed E-state index contributed by atoms with van der Waals surface area (Å²) in [6.07, 6.45) is 6.82. The summed E-state index contributed by atoms with van der Waals surface area (Å²) < 4.78 is 7.89. The lowest BCUT2D eigenvalue weighted by Crippen LogP contribution is -2.33. The predicted molar refractivity (Wildman–Crippen MR) is 93.9 cm³/mol. The molecule has 1 aromatic carbocycles. The highest BCUT2D eigenvalue weighted by atomic mass is 16.5. The van der Waals surface area contributed by atoms with Crippen molar-refractivity contribution < 1.29 is 9.84 Å². The molecule has 1 aliphatic rings. The Hall–Kier alpha value is -1.69. The van der Waals surface area contributed by atoms with Crippen molar-refractivity contribution in [2.24, 2.45) is 0 Å². The van der Waals surface area contributed by atoms with Crippen LogP contribution in [0.25, 0.3) is 0 Å². The fraction of sp³-hybridized carbons (Fsp3) is 0.526. The second-order valence-electron chi connectivity index (χ2n) is 6.55. The number of fused-ring (bicyclic) bond motifs is 1. The molecule has 2 N–H and O–H groups in total.